The Kier molecular flexibility index (Phi) is 10.1. The minimum absolute atomic E-state index is 0.0293. The van der Waals surface area contributed by atoms with Crippen LogP contribution in [0, 0.1) is 0 Å². The van der Waals surface area contributed by atoms with Gasteiger partial charge in [-0.2, -0.15) is 0 Å². The van der Waals surface area contributed by atoms with Crippen LogP contribution in [0.15, 0.2) is 63.8 Å². The third-order valence-corrected chi connectivity index (χ3v) is 8.71. The Morgan fingerprint density at radius 1 is 0.691 bits per heavy atom. The zero-order valence-electron chi connectivity index (χ0n) is 27.8. The smallest absolute Gasteiger partial charge is 0.238 e. The first-order valence-corrected chi connectivity index (χ1v) is 16.0. The lowest BCUT2D eigenvalue weighted by atomic mass is 9.95. The van der Waals surface area contributed by atoms with Crippen molar-refractivity contribution in [2.45, 2.75) is 43.2 Å². The van der Waals surface area contributed by atoms with E-state index in [1.54, 1.807) is 0 Å². The lowest BCUT2D eigenvalue weighted by molar-refractivity contribution is -0.277. The molecule has 0 saturated carbocycles. The lowest BCUT2D eigenvalue weighted by Gasteiger charge is -2.39. The Balaban J connectivity index is 0.000000197. The standard InChI is InChI=1S/C21H22O11.C15H10O8/c22-7-16-18(27)19(28)20(29)21(32-16)30-9-4-12(25)17-13(26)6-14(31-15(17)5-9)8-1-2-10(23)11(24)3-8;16-6-3-7(17)11-10(4-6)23-15(14(22)13(11)21)5-1-8(18)12(20)9(19)2-5/h1-5,14,16,18-25,27-29H,6-7H2;1-4,16-20,22H/t14-,16+,18+,19-,20+,21+;/m0./s1. The van der Waals surface area contributed by atoms with Gasteiger partial charge in [-0.1, -0.05) is 6.07 Å². The van der Waals surface area contributed by atoms with Crippen LogP contribution in [0.1, 0.15) is 28.4 Å². The second kappa shape index (κ2) is 14.6. The van der Waals surface area contributed by atoms with E-state index in [0.717, 1.165) is 30.3 Å². The summed E-state index contributed by atoms with van der Waals surface area (Å²) in [6.45, 7) is -0.640. The summed E-state index contributed by atoms with van der Waals surface area (Å²) in [5.41, 5.74) is -0.945. The van der Waals surface area contributed by atoms with Crippen LogP contribution in [0.3, 0.4) is 0 Å². The zero-order chi connectivity index (χ0) is 40.0. The lowest BCUT2D eigenvalue weighted by Crippen LogP contribution is -2.60. The molecular formula is C36H32O19. The van der Waals surface area contributed by atoms with Gasteiger partial charge >= 0.3 is 0 Å². The van der Waals surface area contributed by atoms with E-state index in [-0.39, 0.29) is 57.3 Å². The van der Waals surface area contributed by atoms with Crippen LogP contribution in [0.5, 0.6) is 63.2 Å². The quantitative estimate of drug-likeness (QED) is 0.112. The Morgan fingerprint density at radius 2 is 1.38 bits per heavy atom. The topological polar surface area (TPSA) is 338 Å². The van der Waals surface area contributed by atoms with Crippen molar-refractivity contribution in [3.8, 4) is 74.6 Å². The number of hydrogen-bond donors (Lipinski definition) is 13. The molecule has 1 saturated heterocycles. The van der Waals surface area contributed by atoms with Gasteiger partial charge in [0, 0.05) is 29.8 Å². The molecule has 4 aromatic carbocycles. The second-order valence-electron chi connectivity index (χ2n) is 12.4. The van der Waals surface area contributed by atoms with Crippen molar-refractivity contribution in [3.05, 3.63) is 75.9 Å². The molecule has 0 aliphatic carbocycles. The highest BCUT2D eigenvalue weighted by Gasteiger charge is 2.45. The maximum atomic E-state index is 12.6. The summed E-state index contributed by atoms with van der Waals surface area (Å²) in [6.07, 6.45) is -8.50. The van der Waals surface area contributed by atoms with E-state index in [4.69, 9.17) is 18.6 Å². The molecule has 19 nitrogen and oxygen atoms in total. The van der Waals surface area contributed by atoms with Gasteiger partial charge in [0.2, 0.25) is 17.5 Å². The van der Waals surface area contributed by atoms with Crippen LogP contribution in [0.25, 0.3) is 22.3 Å². The highest BCUT2D eigenvalue weighted by Crippen LogP contribution is 2.44. The molecule has 6 atom stereocenters. The number of aromatic hydroxyl groups is 9. The van der Waals surface area contributed by atoms with Crippen LogP contribution < -0.4 is 14.9 Å². The van der Waals surface area contributed by atoms with Gasteiger partial charge in [0.05, 0.1) is 13.0 Å². The fourth-order valence-corrected chi connectivity index (χ4v) is 5.91. The van der Waals surface area contributed by atoms with Crippen molar-refractivity contribution >= 4 is 16.8 Å². The van der Waals surface area contributed by atoms with Crippen molar-refractivity contribution in [2.24, 2.45) is 0 Å². The average molecular weight is 769 g/mol. The number of phenols is 8. The first-order valence-electron chi connectivity index (χ1n) is 16.0. The Morgan fingerprint density at radius 3 is 2.04 bits per heavy atom. The van der Waals surface area contributed by atoms with E-state index in [1.165, 1.54) is 24.3 Å². The molecule has 1 fully saturated rings. The molecule has 0 bridgehead atoms. The number of aliphatic hydroxyl groups is 4. The molecule has 0 amide bonds. The molecule has 2 aliphatic heterocycles. The van der Waals surface area contributed by atoms with Gasteiger partial charge in [-0.25, -0.2) is 0 Å². The van der Waals surface area contributed by atoms with Crippen molar-refractivity contribution in [1.29, 1.82) is 0 Å². The third kappa shape index (κ3) is 7.20. The van der Waals surface area contributed by atoms with Crippen LogP contribution in [0.2, 0.25) is 0 Å². The summed E-state index contributed by atoms with van der Waals surface area (Å²) < 4.78 is 21.9. The van der Waals surface area contributed by atoms with E-state index in [0.29, 0.717) is 5.56 Å². The molecule has 0 unspecified atom stereocenters. The van der Waals surface area contributed by atoms with Crippen molar-refractivity contribution in [3.63, 3.8) is 0 Å². The summed E-state index contributed by atoms with van der Waals surface area (Å²) >= 11 is 0. The van der Waals surface area contributed by atoms with Gasteiger partial charge in [0.25, 0.3) is 0 Å². The fourth-order valence-electron chi connectivity index (χ4n) is 5.91. The Hall–Kier alpha value is -6.64. The van der Waals surface area contributed by atoms with Gasteiger partial charge in [-0.3, -0.25) is 9.59 Å². The second-order valence-corrected chi connectivity index (χ2v) is 12.4. The number of benzene rings is 4. The predicted molar refractivity (Wildman–Crippen MR) is 182 cm³/mol. The molecule has 19 heteroatoms. The van der Waals surface area contributed by atoms with Crippen molar-refractivity contribution in [1.82, 2.24) is 0 Å². The monoisotopic (exact) mass is 768 g/mol. The van der Waals surface area contributed by atoms with Gasteiger partial charge in [-0.05, 0) is 29.8 Å². The molecule has 3 heterocycles. The summed E-state index contributed by atoms with van der Waals surface area (Å²) in [5.74, 6) is -6.09. The van der Waals surface area contributed by atoms with Crippen LogP contribution in [-0.2, 0) is 4.74 Å². The Bertz CT molecular complexity index is 2330. The van der Waals surface area contributed by atoms with Gasteiger partial charge in [-0.15, -0.1) is 0 Å². The third-order valence-electron chi connectivity index (χ3n) is 8.71. The van der Waals surface area contributed by atoms with Gasteiger partial charge in [0.1, 0.15) is 75.8 Å². The number of carbonyl (C=O) groups excluding carboxylic acids is 1. The number of hydrogen-bond acceptors (Lipinski definition) is 19. The minimum Gasteiger partial charge on any atom is -0.508 e. The summed E-state index contributed by atoms with van der Waals surface area (Å²) in [7, 11) is 0. The molecule has 0 spiro atoms. The number of ketones is 1. The van der Waals surface area contributed by atoms with Crippen molar-refractivity contribution in [2.75, 3.05) is 6.61 Å². The predicted octanol–water partition coefficient (Wildman–Crippen LogP) is 1.38. The molecule has 290 valence electrons. The molecule has 1 aromatic heterocycles. The molecule has 2 aliphatic rings. The van der Waals surface area contributed by atoms with Crippen LogP contribution >= 0.6 is 0 Å². The SMILES string of the molecule is O=C1C[C@@H](c2ccc(O)c(O)c2)Oc2cc(O[C@@H]3O[C@H](CO)[C@@H](O)[C@H](O)[C@H]3O)cc(O)c21.O=c1c(O)c(-c2cc(O)c(O)c(O)c2)oc2cc(O)cc(O)c12. The van der Waals surface area contributed by atoms with Gasteiger partial charge < -0.3 is 85.0 Å². The maximum absolute atomic E-state index is 12.6. The normalized spacial score (nSPS) is 21.9. The number of aliphatic hydroxyl groups excluding tert-OH is 4. The van der Waals surface area contributed by atoms with Crippen LogP contribution in [0.4, 0.5) is 0 Å². The summed E-state index contributed by atoms with van der Waals surface area (Å²) in [5, 5.41) is 126. The van der Waals surface area contributed by atoms with E-state index in [1.807, 2.05) is 0 Å². The average Bonchev–Trinajstić information content (AvgIpc) is 3.12. The zero-order valence-corrected chi connectivity index (χ0v) is 27.8. The fraction of sp³-hybridized carbons (Fsp3) is 0.222. The number of fused-ring (bicyclic) bond motifs is 2. The Labute approximate surface area is 306 Å². The van der Waals surface area contributed by atoms with E-state index >= 15 is 0 Å². The molecule has 55 heavy (non-hydrogen) atoms. The van der Waals surface area contributed by atoms with E-state index < -0.39 is 94.9 Å². The van der Waals surface area contributed by atoms with Crippen LogP contribution in [-0.4, -0.2) is 109 Å². The molecule has 5 aromatic rings. The summed E-state index contributed by atoms with van der Waals surface area (Å²) in [4.78, 5) is 24.8. The number of carbonyl (C=O) groups is 1. The van der Waals surface area contributed by atoms with E-state index in [2.05, 4.69) is 0 Å². The first kappa shape index (κ1) is 38.1. The number of ether oxygens (including phenoxy) is 3. The van der Waals surface area contributed by atoms with E-state index in [9.17, 15) is 76.0 Å². The maximum Gasteiger partial charge on any atom is 0.238 e. The number of Topliss-reactive ketones (excluding diaryl/α,β-unsaturated/α-hetero) is 1. The highest BCUT2D eigenvalue weighted by molar-refractivity contribution is 6.02. The number of rotatable bonds is 5. The first-order chi connectivity index (χ1) is 26.0. The molecule has 0 radical (unpaired) electrons. The molecule has 7 rings (SSSR count). The minimum atomic E-state index is -1.67. The van der Waals surface area contributed by atoms with Gasteiger partial charge in [0.15, 0.2) is 40.3 Å². The molecule has 13 N–H and O–H groups in total. The van der Waals surface area contributed by atoms with Crippen molar-refractivity contribution < 1.29 is 89.8 Å². The summed E-state index contributed by atoms with van der Waals surface area (Å²) in [6, 6.07) is 10.3. The molecular weight excluding hydrogens is 736 g/mol. The number of phenolic OH excluding ortho intramolecular Hbond substituents is 8. The highest BCUT2D eigenvalue weighted by atomic mass is 16.7. The largest absolute Gasteiger partial charge is 0.508 e.